The van der Waals surface area contributed by atoms with Crippen LogP contribution in [0.1, 0.15) is 56.2 Å². The van der Waals surface area contributed by atoms with Gasteiger partial charge in [-0.2, -0.15) is 0 Å². The first kappa shape index (κ1) is 19.1. The summed E-state index contributed by atoms with van der Waals surface area (Å²) in [6.07, 6.45) is 7.04. The summed E-state index contributed by atoms with van der Waals surface area (Å²) in [6.45, 7) is 5.70. The highest BCUT2D eigenvalue weighted by Gasteiger charge is 2.28. The van der Waals surface area contributed by atoms with Crippen molar-refractivity contribution in [2.45, 2.75) is 51.5 Å². The minimum Gasteiger partial charge on any atom is -0.494 e. The molecule has 0 bridgehead atoms. The number of hydrogen-bond acceptors (Lipinski definition) is 4. The SMILES string of the molecule is CC1CCCC1Cc1ccc2c(c1)c(C1=NCCOC1)c(O)n2C1CCOCC1. The summed E-state index contributed by atoms with van der Waals surface area (Å²) in [5.41, 5.74) is 4.25. The van der Waals surface area contributed by atoms with E-state index in [4.69, 9.17) is 14.5 Å². The minimum absolute atomic E-state index is 0.269. The zero-order valence-corrected chi connectivity index (χ0v) is 17.4. The molecule has 1 aromatic carbocycles. The van der Waals surface area contributed by atoms with Gasteiger partial charge in [-0.1, -0.05) is 25.8 Å². The zero-order chi connectivity index (χ0) is 19.8. The third-order valence-corrected chi connectivity index (χ3v) is 7.20. The topological polar surface area (TPSA) is 56.0 Å². The first-order chi connectivity index (χ1) is 14.2. The minimum atomic E-state index is 0.269. The molecule has 1 saturated heterocycles. The number of benzene rings is 1. The maximum atomic E-state index is 11.3. The Morgan fingerprint density at radius 1 is 1.10 bits per heavy atom. The van der Waals surface area contributed by atoms with Gasteiger partial charge in [0.25, 0.3) is 0 Å². The van der Waals surface area contributed by atoms with Crippen molar-refractivity contribution in [3.8, 4) is 5.88 Å². The highest BCUT2D eigenvalue weighted by atomic mass is 16.5. The molecule has 1 aromatic heterocycles. The van der Waals surface area contributed by atoms with Crippen LogP contribution < -0.4 is 0 Å². The van der Waals surface area contributed by atoms with Gasteiger partial charge in [-0.15, -0.1) is 0 Å². The molecule has 2 unspecified atom stereocenters. The van der Waals surface area contributed by atoms with Crippen molar-refractivity contribution >= 4 is 16.6 Å². The molecule has 5 heteroatoms. The summed E-state index contributed by atoms with van der Waals surface area (Å²) < 4.78 is 13.4. The molecule has 0 spiro atoms. The van der Waals surface area contributed by atoms with E-state index in [0.29, 0.717) is 25.6 Å². The molecule has 3 heterocycles. The summed E-state index contributed by atoms with van der Waals surface area (Å²) in [7, 11) is 0. The van der Waals surface area contributed by atoms with Crippen molar-refractivity contribution < 1.29 is 14.6 Å². The number of hydrogen-bond donors (Lipinski definition) is 1. The second kappa shape index (κ2) is 8.11. The van der Waals surface area contributed by atoms with E-state index in [1.165, 1.54) is 24.8 Å². The van der Waals surface area contributed by atoms with E-state index in [-0.39, 0.29) is 6.04 Å². The van der Waals surface area contributed by atoms with Gasteiger partial charge in [-0.3, -0.25) is 4.99 Å². The van der Waals surface area contributed by atoms with E-state index in [9.17, 15) is 5.11 Å². The second-order valence-electron chi connectivity index (χ2n) is 9.02. The first-order valence-corrected chi connectivity index (χ1v) is 11.3. The van der Waals surface area contributed by atoms with Crippen LogP contribution in [0.25, 0.3) is 10.9 Å². The van der Waals surface area contributed by atoms with E-state index in [1.807, 2.05) is 0 Å². The number of aliphatic imine (C=N–C) groups is 1. The third kappa shape index (κ3) is 3.59. The monoisotopic (exact) mass is 396 g/mol. The summed E-state index contributed by atoms with van der Waals surface area (Å²) in [5.74, 6) is 1.93. The highest BCUT2D eigenvalue weighted by Crippen LogP contribution is 2.40. The Morgan fingerprint density at radius 2 is 1.97 bits per heavy atom. The van der Waals surface area contributed by atoms with E-state index >= 15 is 0 Å². The van der Waals surface area contributed by atoms with Crippen molar-refractivity contribution in [2.24, 2.45) is 16.8 Å². The van der Waals surface area contributed by atoms with Gasteiger partial charge in [0, 0.05) is 24.6 Å². The fraction of sp³-hybridized carbons (Fsp3) is 0.625. The average Bonchev–Trinajstić information content (AvgIpc) is 3.28. The molecule has 0 radical (unpaired) electrons. The fourth-order valence-electron chi connectivity index (χ4n) is 5.51. The Balaban J connectivity index is 1.59. The number of nitrogens with zero attached hydrogens (tertiary/aromatic N) is 2. The molecule has 2 aliphatic heterocycles. The number of ether oxygens (including phenoxy) is 2. The lowest BCUT2D eigenvalue weighted by Gasteiger charge is -2.25. The smallest absolute Gasteiger partial charge is 0.201 e. The summed E-state index contributed by atoms with van der Waals surface area (Å²) in [5, 5.41) is 12.4. The van der Waals surface area contributed by atoms with Gasteiger partial charge in [0.15, 0.2) is 0 Å². The van der Waals surface area contributed by atoms with Gasteiger partial charge in [0.2, 0.25) is 5.88 Å². The van der Waals surface area contributed by atoms with Gasteiger partial charge in [0.1, 0.15) is 0 Å². The predicted molar refractivity (Wildman–Crippen MR) is 115 cm³/mol. The van der Waals surface area contributed by atoms with Crippen LogP contribution in [0.3, 0.4) is 0 Å². The maximum Gasteiger partial charge on any atom is 0.201 e. The lowest BCUT2D eigenvalue weighted by molar-refractivity contribution is 0.0688. The fourth-order valence-corrected chi connectivity index (χ4v) is 5.51. The molecule has 3 aliphatic rings. The van der Waals surface area contributed by atoms with Crippen LogP contribution in [0.5, 0.6) is 5.88 Å². The number of rotatable bonds is 4. The zero-order valence-electron chi connectivity index (χ0n) is 17.4. The van der Waals surface area contributed by atoms with Gasteiger partial charge >= 0.3 is 0 Å². The number of aromatic nitrogens is 1. The molecule has 1 N–H and O–H groups in total. The summed E-state index contributed by atoms with van der Waals surface area (Å²) >= 11 is 0. The molecule has 5 nitrogen and oxygen atoms in total. The normalized spacial score (nSPS) is 26.2. The quantitative estimate of drug-likeness (QED) is 0.828. The molecule has 29 heavy (non-hydrogen) atoms. The number of fused-ring (bicyclic) bond motifs is 1. The van der Waals surface area contributed by atoms with Crippen molar-refractivity contribution in [2.75, 3.05) is 33.0 Å². The molecule has 2 aromatic rings. The van der Waals surface area contributed by atoms with E-state index in [1.54, 1.807) is 0 Å². The Bertz CT molecular complexity index is 910. The van der Waals surface area contributed by atoms with Crippen LogP contribution in [-0.4, -0.2) is 48.4 Å². The lowest BCUT2D eigenvalue weighted by atomic mass is 9.90. The van der Waals surface area contributed by atoms with Crippen molar-refractivity contribution in [3.05, 3.63) is 29.3 Å². The van der Waals surface area contributed by atoms with E-state index in [2.05, 4.69) is 29.7 Å². The highest BCUT2D eigenvalue weighted by molar-refractivity contribution is 6.14. The Morgan fingerprint density at radius 3 is 2.69 bits per heavy atom. The van der Waals surface area contributed by atoms with Gasteiger partial charge in [0.05, 0.1) is 36.6 Å². The molecule has 2 fully saturated rings. The van der Waals surface area contributed by atoms with Crippen LogP contribution in [0.4, 0.5) is 0 Å². The molecular weight excluding hydrogens is 364 g/mol. The van der Waals surface area contributed by atoms with Crippen LogP contribution in [0.2, 0.25) is 0 Å². The van der Waals surface area contributed by atoms with Crippen molar-refractivity contribution in [3.63, 3.8) is 0 Å². The van der Waals surface area contributed by atoms with Crippen molar-refractivity contribution in [1.29, 1.82) is 0 Å². The molecular formula is C24H32N2O3. The second-order valence-corrected chi connectivity index (χ2v) is 9.02. The van der Waals surface area contributed by atoms with Crippen LogP contribution in [0, 0.1) is 11.8 Å². The van der Waals surface area contributed by atoms with Gasteiger partial charge < -0.3 is 19.1 Å². The summed E-state index contributed by atoms with van der Waals surface area (Å²) in [4.78, 5) is 4.71. The van der Waals surface area contributed by atoms with Crippen LogP contribution in [0.15, 0.2) is 23.2 Å². The molecule has 2 atom stereocenters. The number of aromatic hydroxyl groups is 1. The molecule has 0 amide bonds. The van der Waals surface area contributed by atoms with E-state index in [0.717, 1.165) is 66.5 Å². The third-order valence-electron chi connectivity index (χ3n) is 7.20. The maximum absolute atomic E-state index is 11.3. The Labute approximate surface area is 172 Å². The van der Waals surface area contributed by atoms with Crippen LogP contribution in [-0.2, 0) is 15.9 Å². The van der Waals surface area contributed by atoms with Gasteiger partial charge in [-0.05, 0) is 55.2 Å². The average molecular weight is 397 g/mol. The molecule has 1 saturated carbocycles. The standard InChI is InChI=1S/C24H32N2O3/c1-16-3-2-4-18(16)13-17-5-6-22-20(14-17)23(21-15-29-12-9-25-21)24(27)26(22)19-7-10-28-11-8-19/h5-6,14,16,18-19,27H,2-4,7-13,15H2,1H3. The lowest BCUT2D eigenvalue weighted by Crippen LogP contribution is -2.20. The summed E-state index contributed by atoms with van der Waals surface area (Å²) in [6, 6.07) is 7.06. The van der Waals surface area contributed by atoms with Gasteiger partial charge in [-0.25, -0.2) is 0 Å². The largest absolute Gasteiger partial charge is 0.494 e. The van der Waals surface area contributed by atoms with Crippen LogP contribution >= 0.6 is 0 Å². The molecule has 1 aliphatic carbocycles. The molecule has 156 valence electrons. The Kier molecular flexibility index (Phi) is 5.35. The Hall–Kier alpha value is -1.85. The van der Waals surface area contributed by atoms with Crippen molar-refractivity contribution in [1.82, 2.24) is 4.57 Å². The van der Waals surface area contributed by atoms with E-state index < -0.39 is 0 Å². The first-order valence-electron chi connectivity index (χ1n) is 11.3. The molecule has 5 rings (SSSR count). The predicted octanol–water partition coefficient (Wildman–Crippen LogP) is 4.50.